The van der Waals surface area contributed by atoms with Gasteiger partial charge in [0, 0.05) is 39.0 Å². The van der Waals surface area contributed by atoms with Gasteiger partial charge in [0.2, 0.25) is 5.91 Å². The van der Waals surface area contributed by atoms with E-state index in [-0.39, 0.29) is 12.0 Å². The van der Waals surface area contributed by atoms with Crippen LogP contribution in [-0.4, -0.2) is 93.7 Å². The van der Waals surface area contributed by atoms with Crippen molar-refractivity contribution >= 4 is 15.7 Å². The molecule has 0 atom stereocenters. The van der Waals surface area contributed by atoms with Crippen molar-refractivity contribution in [3.8, 4) is 0 Å². The smallest absolute Gasteiger partial charge is 0.244 e. The van der Waals surface area contributed by atoms with Crippen molar-refractivity contribution in [3.05, 3.63) is 0 Å². The zero-order chi connectivity index (χ0) is 17.8. The van der Waals surface area contributed by atoms with Crippen molar-refractivity contribution in [2.45, 2.75) is 37.5 Å². The van der Waals surface area contributed by atoms with Crippen molar-refractivity contribution in [2.75, 3.05) is 58.7 Å². The molecule has 0 unspecified atom stereocenters. The Morgan fingerprint density at radius 1 is 1.17 bits per heavy atom. The molecule has 0 radical (unpaired) electrons. The van der Waals surface area contributed by atoms with Crippen LogP contribution in [0.4, 0.5) is 0 Å². The second-order valence-electron chi connectivity index (χ2n) is 7.07. The van der Waals surface area contributed by atoms with Gasteiger partial charge in [-0.05, 0) is 39.8 Å². The van der Waals surface area contributed by atoms with Gasteiger partial charge in [-0.25, -0.2) is 8.42 Å². The molecule has 24 heavy (non-hydrogen) atoms. The van der Waals surface area contributed by atoms with Crippen LogP contribution in [-0.2, 0) is 19.4 Å². The van der Waals surface area contributed by atoms with Gasteiger partial charge < -0.3 is 15.0 Å². The van der Waals surface area contributed by atoms with Gasteiger partial charge >= 0.3 is 0 Å². The lowest BCUT2D eigenvalue weighted by Crippen LogP contribution is -2.61. The minimum absolute atomic E-state index is 0.204. The Labute approximate surface area is 145 Å². The molecule has 0 aromatic rings. The third-order valence-electron chi connectivity index (χ3n) is 5.03. The van der Waals surface area contributed by atoms with Gasteiger partial charge in [-0.3, -0.25) is 9.69 Å². The molecule has 0 bridgehead atoms. The molecule has 2 heterocycles. The number of carbonyl (C=O) groups excluding carboxylic acids is 1. The number of hydrogen-bond acceptors (Lipinski definition) is 6. The van der Waals surface area contributed by atoms with E-state index in [1.807, 2.05) is 13.8 Å². The van der Waals surface area contributed by atoms with E-state index in [9.17, 15) is 13.2 Å². The van der Waals surface area contributed by atoms with E-state index in [4.69, 9.17) is 4.74 Å². The molecule has 1 N–H and O–H groups in total. The van der Waals surface area contributed by atoms with Gasteiger partial charge in [-0.2, -0.15) is 0 Å². The minimum atomic E-state index is -3.44. The van der Waals surface area contributed by atoms with E-state index in [1.54, 1.807) is 4.90 Å². The fourth-order valence-electron chi connectivity index (χ4n) is 3.45. The number of amides is 1. The van der Waals surface area contributed by atoms with Crippen molar-refractivity contribution < 1.29 is 17.9 Å². The number of carbonyl (C=O) groups is 1. The molecule has 2 rings (SSSR count). The lowest BCUT2D eigenvalue weighted by Gasteiger charge is -2.42. The van der Waals surface area contributed by atoms with Crippen LogP contribution in [0.2, 0.25) is 0 Å². The van der Waals surface area contributed by atoms with Gasteiger partial charge in [0.25, 0.3) is 0 Å². The standard InChI is InChI=1S/C16H31N3O4S/c1-14(2)23-13-12-18-8-10-19(11-9-18)15(20)16(24(3,21)22)4-6-17-7-5-16/h14,17H,4-13H2,1-3H3. The molecule has 2 aliphatic heterocycles. The number of piperidine rings is 1. The fourth-order valence-corrected chi connectivity index (χ4v) is 4.85. The van der Waals surface area contributed by atoms with Gasteiger partial charge in [-0.1, -0.05) is 0 Å². The Bertz CT molecular complexity index is 521. The summed E-state index contributed by atoms with van der Waals surface area (Å²) < 4.78 is 29.1. The Hall–Kier alpha value is -0.700. The Kier molecular flexibility index (Phi) is 6.64. The molecule has 0 aromatic carbocycles. The third-order valence-corrected chi connectivity index (χ3v) is 7.03. The molecule has 1 amide bonds. The maximum Gasteiger partial charge on any atom is 0.244 e. The van der Waals surface area contributed by atoms with Crippen LogP contribution in [0.15, 0.2) is 0 Å². The number of rotatable bonds is 6. The lowest BCUT2D eigenvalue weighted by atomic mass is 9.95. The highest BCUT2D eigenvalue weighted by Crippen LogP contribution is 2.30. The molecular formula is C16H31N3O4S. The molecular weight excluding hydrogens is 330 g/mol. The molecule has 0 aliphatic carbocycles. The fraction of sp³-hybridized carbons (Fsp3) is 0.938. The maximum absolute atomic E-state index is 13.0. The number of sulfone groups is 1. The molecule has 140 valence electrons. The Morgan fingerprint density at radius 2 is 1.75 bits per heavy atom. The first-order chi connectivity index (χ1) is 11.3. The van der Waals surface area contributed by atoms with Gasteiger partial charge in [-0.15, -0.1) is 0 Å². The van der Waals surface area contributed by atoms with E-state index < -0.39 is 14.6 Å². The van der Waals surface area contributed by atoms with Crippen LogP contribution < -0.4 is 5.32 Å². The van der Waals surface area contributed by atoms with Crippen molar-refractivity contribution in [1.29, 1.82) is 0 Å². The largest absolute Gasteiger partial charge is 0.377 e. The van der Waals surface area contributed by atoms with E-state index in [0.29, 0.717) is 45.6 Å². The van der Waals surface area contributed by atoms with Gasteiger partial charge in [0.1, 0.15) is 0 Å². The maximum atomic E-state index is 13.0. The zero-order valence-electron chi connectivity index (χ0n) is 15.1. The second-order valence-corrected chi connectivity index (χ2v) is 9.40. The molecule has 2 saturated heterocycles. The average molecular weight is 362 g/mol. The number of nitrogens with zero attached hydrogens (tertiary/aromatic N) is 2. The van der Waals surface area contributed by atoms with E-state index in [2.05, 4.69) is 10.2 Å². The Balaban J connectivity index is 1.93. The van der Waals surface area contributed by atoms with Crippen LogP contribution in [0.25, 0.3) is 0 Å². The predicted octanol–water partition coefficient (Wildman–Crippen LogP) is -0.278. The van der Waals surface area contributed by atoms with Crippen LogP contribution in [0, 0.1) is 0 Å². The number of ether oxygens (including phenoxy) is 1. The normalized spacial score (nSPS) is 22.8. The third kappa shape index (κ3) is 4.47. The van der Waals surface area contributed by atoms with Crippen LogP contribution in [0.1, 0.15) is 26.7 Å². The highest BCUT2D eigenvalue weighted by molar-refractivity contribution is 7.92. The highest BCUT2D eigenvalue weighted by atomic mass is 32.2. The summed E-state index contributed by atoms with van der Waals surface area (Å²) in [5.41, 5.74) is 0. The molecule has 7 nitrogen and oxygen atoms in total. The second kappa shape index (κ2) is 8.12. The van der Waals surface area contributed by atoms with Crippen molar-refractivity contribution in [1.82, 2.24) is 15.1 Å². The predicted molar refractivity (Wildman–Crippen MR) is 93.8 cm³/mol. The quantitative estimate of drug-likeness (QED) is 0.701. The molecule has 0 aromatic heterocycles. The molecule has 2 aliphatic rings. The first kappa shape index (κ1) is 19.6. The minimum Gasteiger partial charge on any atom is -0.377 e. The highest BCUT2D eigenvalue weighted by Gasteiger charge is 2.50. The monoisotopic (exact) mass is 361 g/mol. The van der Waals surface area contributed by atoms with Crippen molar-refractivity contribution in [3.63, 3.8) is 0 Å². The van der Waals surface area contributed by atoms with Crippen LogP contribution >= 0.6 is 0 Å². The summed E-state index contributed by atoms with van der Waals surface area (Å²) in [5.74, 6) is -0.204. The zero-order valence-corrected chi connectivity index (χ0v) is 15.9. The lowest BCUT2D eigenvalue weighted by molar-refractivity contribution is -0.136. The SMILES string of the molecule is CC(C)OCCN1CCN(C(=O)C2(S(C)(=O)=O)CCNCC2)CC1. The first-order valence-corrected chi connectivity index (χ1v) is 10.7. The summed E-state index contributed by atoms with van der Waals surface area (Å²) in [6, 6.07) is 0. The first-order valence-electron chi connectivity index (χ1n) is 8.80. The summed E-state index contributed by atoms with van der Waals surface area (Å²) >= 11 is 0. The van der Waals surface area contributed by atoms with Crippen LogP contribution in [0.3, 0.4) is 0 Å². The summed E-state index contributed by atoms with van der Waals surface area (Å²) in [6.45, 7) is 9.43. The van der Waals surface area contributed by atoms with E-state index in [0.717, 1.165) is 19.6 Å². The molecule has 2 fully saturated rings. The Morgan fingerprint density at radius 3 is 2.25 bits per heavy atom. The summed E-state index contributed by atoms with van der Waals surface area (Å²) in [5, 5.41) is 3.15. The molecule has 0 saturated carbocycles. The van der Waals surface area contributed by atoms with Crippen LogP contribution in [0.5, 0.6) is 0 Å². The molecule has 8 heteroatoms. The average Bonchev–Trinajstić information content (AvgIpc) is 2.54. The summed E-state index contributed by atoms with van der Waals surface area (Å²) in [4.78, 5) is 17.0. The number of piperazine rings is 1. The van der Waals surface area contributed by atoms with E-state index in [1.165, 1.54) is 6.26 Å². The summed E-state index contributed by atoms with van der Waals surface area (Å²) in [6.07, 6.45) is 2.16. The summed E-state index contributed by atoms with van der Waals surface area (Å²) in [7, 11) is -3.44. The topological polar surface area (TPSA) is 79.0 Å². The number of nitrogens with one attached hydrogen (secondary N) is 1. The van der Waals surface area contributed by atoms with Crippen molar-refractivity contribution in [2.24, 2.45) is 0 Å². The number of hydrogen-bond donors (Lipinski definition) is 1. The molecule has 0 spiro atoms. The van der Waals surface area contributed by atoms with Gasteiger partial charge in [0.15, 0.2) is 14.6 Å². The van der Waals surface area contributed by atoms with Gasteiger partial charge in [0.05, 0.1) is 12.7 Å². The van der Waals surface area contributed by atoms with E-state index >= 15 is 0 Å².